The van der Waals surface area contributed by atoms with E-state index in [9.17, 15) is 14.4 Å². The second kappa shape index (κ2) is 7.65. The predicted octanol–water partition coefficient (Wildman–Crippen LogP) is 2.03. The van der Waals surface area contributed by atoms with Gasteiger partial charge in [-0.15, -0.1) is 0 Å². The summed E-state index contributed by atoms with van der Waals surface area (Å²) in [5.41, 5.74) is 0.272. The Bertz CT molecular complexity index is 1220. The first-order valence-corrected chi connectivity index (χ1v) is 10.7. The lowest BCUT2D eigenvalue weighted by Crippen LogP contribution is -2.48. The fourth-order valence-electron chi connectivity index (χ4n) is 4.81. The van der Waals surface area contributed by atoms with E-state index in [0.717, 1.165) is 24.8 Å². The van der Waals surface area contributed by atoms with E-state index in [1.807, 2.05) is 65.6 Å². The van der Waals surface area contributed by atoms with Crippen LogP contribution >= 0.6 is 0 Å². The van der Waals surface area contributed by atoms with E-state index in [1.54, 1.807) is 4.57 Å². The minimum atomic E-state index is -0.582. The molecule has 5 rings (SSSR count). The van der Waals surface area contributed by atoms with Crippen LogP contribution < -0.4 is 11.1 Å². The first kappa shape index (κ1) is 19.5. The first-order chi connectivity index (χ1) is 15.1. The van der Waals surface area contributed by atoms with Gasteiger partial charge in [0, 0.05) is 30.6 Å². The van der Waals surface area contributed by atoms with Gasteiger partial charge in [0.15, 0.2) is 0 Å². The number of likely N-dealkylation sites (tertiary alicyclic amines) is 1. The Morgan fingerprint density at radius 1 is 0.839 bits per heavy atom. The molecule has 1 aromatic heterocycles. The molecule has 158 valence electrons. The van der Waals surface area contributed by atoms with Crippen LogP contribution in [0.3, 0.4) is 0 Å². The molecule has 1 amide bonds. The van der Waals surface area contributed by atoms with Gasteiger partial charge in [0.05, 0.1) is 6.54 Å². The van der Waals surface area contributed by atoms with Crippen molar-refractivity contribution < 1.29 is 4.79 Å². The summed E-state index contributed by atoms with van der Waals surface area (Å²) in [6, 6.07) is 18.9. The van der Waals surface area contributed by atoms with E-state index < -0.39 is 11.1 Å². The summed E-state index contributed by atoms with van der Waals surface area (Å²) in [7, 11) is 0. The Labute approximate surface area is 179 Å². The summed E-state index contributed by atoms with van der Waals surface area (Å²) in [4.78, 5) is 40.1. The molecule has 0 N–H and O–H groups in total. The van der Waals surface area contributed by atoms with Crippen molar-refractivity contribution in [3.8, 4) is 0 Å². The Morgan fingerprint density at radius 3 is 2.13 bits per heavy atom. The second-order valence-corrected chi connectivity index (χ2v) is 8.42. The molecule has 0 radical (unpaired) electrons. The number of nitrogens with zero attached hydrogens (tertiary/aromatic N) is 4. The minimum absolute atomic E-state index is 0.0350. The first-order valence-electron chi connectivity index (χ1n) is 10.7. The molecule has 1 saturated heterocycles. The molecule has 0 bridgehead atoms. The Hall–Kier alpha value is -3.48. The van der Waals surface area contributed by atoms with Gasteiger partial charge >= 0.3 is 11.1 Å². The molecule has 0 unspecified atom stereocenters. The number of carbonyl (C=O) groups is 1. The Balaban J connectivity index is 1.42. The summed E-state index contributed by atoms with van der Waals surface area (Å²) >= 11 is 0. The summed E-state index contributed by atoms with van der Waals surface area (Å²) < 4.78 is 2.86. The average Bonchev–Trinajstić information content (AvgIpc) is 3.16. The molecular formula is C24H24N4O3. The van der Waals surface area contributed by atoms with Crippen LogP contribution in [0, 0.1) is 0 Å². The van der Waals surface area contributed by atoms with Crippen molar-refractivity contribution in [3.63, 3.8) is 0 Å². The highest BCUT2D eigenvalue weighted by Crippen LogP contribution is 2.41. The van der Waals surface area contributed by atoms with E-state index in [-0.39, 0.29) is 17.9 Å². The Morgan fingerprint density at radius 2 is 1.45 bits per heavy atom. The van der Waals surface area contributed by atoms with Crippen molar-refractivity contribution in [1.29, 1.82) is 0 Å². The zero-order chi connectivity index (χ0) is 21.4. The van der Waals surface area contributed by atoms with E-state index in [1.165, 1.54) is 4.68 Å². The highest BCUT2D eigenvalue weighted by atomic mass is 16.2. The molecule has 1 spiro atoms. The van der Waals surface area contributed by atoms with Gasteiger partial charge in [-0.1, -0.05) is 48.5 Å². The second-order valence-electron chi connectivity index (χ2n) is 8.42. The van der Waals surface area contributed by atoms with Crippen LogP contribution in [0.5, 0.6) is 0 Å². The molecule has 0 saturated carbocycles. The van der Waals surface area contributed by atoms with Gasteiger partial charge in [-0.3, -0.25) is 19.0 Å². The minimum Gasteiger partial charge on any atom is -0.339 e. The number of hydrogen-bond donors (Lipinski definition) is 0. The zero-order valence-electron chi connectivity index (χ0n) is 17.2. The molecule has 31 heavy (non-hydrogen) atoms. The maximum atomic E-state index is 12.8. The molecule has 0 atom stereocenters. The standard InChI is InChI=1S/C24H24N4O3/c29-20(19-9-5-2-6-10-19)26-14-11-24(12-15-26)13-16-27-21(30)22(31)28(25-23(24)27)17-18-7-3-1-4-8-18/h1-10H,11-17H2. The molecule has 1 fully saturated rings. The molecule has 7 heteroatoms. The van der Waals surface area contributed by atoms with Crippen LogP contribution in [0.15, 0.2) is 70.3 Å². The molecule has 7 nitrogen and oxygen atoms in total. The lowest BCUT2D eigenvalue weighted by atomic mass is 9.76. The van der Waals surface area contributed by atoms with Crippen molar-refractivity contribution in [3.05, 3.63) is 98.3 Å². The predicted molar refractivity (Wildman–Crippen MR) is 116 cm³/mol. The molecule has 0 aliphatic carbocycles. The third kappa shape index (κ3) is 3.40. The number of carbonyl (C=O) groups excluding carboxylic acids is 1. The summed E-state index contributed by atoms with van der Waals surface area (Å²) in [5.74, 6) is 0.729. The smallest absolute Gasteiger partial charge is 0.332 e. The average molecular weight is 416 g/mol. The highest BCUT2D eigenvalue weighted by Gasteiger charge is 2.45. The molecule has 2 aliphatic heterocycles. The monoisotopic (exact) mass is 416 g/mol. The number of fused-ring (bicyclic) bond motifs is 2. The van der Waals surface area contributed by atoms with Crippen LogP contribution in [0.2, 0.25) is 0 Å². The number of hydrogen-bond acceptors (Lipinski definition) is 4. The number of piperidine rings is 1. The molecule has 3 aromatic rings. The van der Waals surface area contributed by atoms with Crippen molar-refractivity contribution in [2.45, 2.75) is 37.8 Å². The van der Waals surface area contributed by atoms with Crippen molar-refractivity contribution in [2.24, 2.45) is 0 Å². The van der Waals surface area contributed by atoms with E-state index in [2.05, 4.69) is 5.10 Å². The van der Waals surface area contributed by atoms with Crippen molar-refractivity contribution in [2.75, 3.05) is 13.1 Å². The van der Waals surface area contributed by atoms with Gasteiger partial charge in [0.2, 0.25) is 0 Å². The summed E-state index contributed by atoms with van der Waals surface area (Å²) in [6.45, 7) is 2.01. The quantitative estimate of drug-likeness (QED) is 0.612. The van der Waals surface area contributed by atoms with E-state index >= 15 is 0 Å². The van der Waals surface area contributed by atoms with Gasteiger partial charge in [-0.05, 0) is 37.0 Å². The van der Waals surface area contributed by atoms with Crippen molar-refractivity contribution in [1.82, 2.24) is 19.2 Å². The van der Waals surface area contributed by atoms with Gasteiger partial charge in [-0.25, -0.2) is 4.68 Å². The lowest BCUT2D eigenvalue weighted by Gasteiger charge is -2.38. The summed E-state index contributed by atoms with van der Waals surface area (Å²) in [6.07, 6.45) is 2.25. The molecule has 3 heterocycles. The zero-order valence-corrected chi connectivity index (χ0v) is 17.2. The third-order valence-electron chi connectivity index (χ3n) is 6.63. The van der Waals surface area contributed by atoms with Gasteiger partial charge in [0.1, 0.15) is 5.82 Å². The van der Waals surface area contributed by atoms with E-state index in [0.29, 0.717) is 31.0 Å². The number of aromatic nitrogens is 3. The van der Waals surface area contributed by atoms with Crippen molar-refractivity contribution >= 4 is 5.91 Å². The SMILES string of the molecule is O=C(c1ccccc1)N1CCC2(CC1)CCn1c2nn(Cc2ccccc2)c(=O)c1=O. The normalized spacial score (nSPS) is 17.0. The Kier molecular flexibility index (Phi) is 4.81. The fraction of sp³-hybridized carbons (Fsp3) is 0.333. The lowest BCUT2D eigenvalue weighted by molar-refractivity contribution is 0.0662. The van der Waals surface area contributed by atoms with Crippen LogP contribution in [-0.4, -0.2) is 38.2 Å². The molecular weight excluding hydrogens is 392 g/mol. The summed E-state index contributed by atoms with van der Waals surface area (Å²) in [5, 5.41) is 4.68. The molecule has 2 aromatic carbocycles. The van der Waals surface area contributed by atoms with Crippen LogP contribution in [0.25, 0.3) is 0 Å². The fourth-order valence-corrected chi connectivity index (χ4v) is 4.81. The van der Waals surface area contributed by atoms with Crippen LogP contribution in [0.1, 0.15) is 41.0 Å². The largest absolute Gasteiger partial charge is 0.339 e. The van der Waals surface area contributed by atoms with Crippen LogP contribution in [-0.2, 0) is 18.5 Å². The third-order valence-corrected chi connectivity index (χ3v) is 6.63. The maximum Gasteiger partial charge on any atom is 0.332 e. The van der Waals surface area contributed by atoms with Gasteiger partial charge < -0.3 is 4.90 Å². The van der Waals surface area contributed by atoms with E-state index in [4.69, 9.17) is 0 Å². The van der Waals surface area contributed by atoms with Crippen LogP contribution in [0.4, 0.5) is 0 Å². The van der Waals surface area contributed by atoms with Gasteiger partial charge in [0.25, 0.3) is 5.91 Å². The molecule has 2 aliphatic rings. The number of benzene rings is 2. The number of rotatable bonds is 3. The topological polar surface area (TPSA) is 77.2 Å². The highest BCUT2D eigenvalue weighted by molar-refractivity contribution is 5.94. The number of amides is 1. The van der Waals surface area contributed by atoms with Gasteiger partial charge in [-0.2, -0.15) is 5.10 Å². The maximum absolute atomic E-state index is 12.8.